The van der Waals surface area contributed by atoms with Crippen molar-refractivity contribution in [3.05, 3.63) is 63.6 Å². The molecule has 3 rings (SSSR count). The van der Waals surface area contributed by atoms with Crippen molar-refractivity contribution in [2.24, 2.45) is 0 Å². The van der Waals surface area contributed by atoms with Crippen LogP contribution in [-0.2, 0) is 24.2 Å². The summed E-state index contributed by atoms with van der Waals surface area (Å²) >= 11 is 0. The number of carbonyl (C=O) groups excluding carboxylic acids is 1. The van der Waals surface area contributed by atoms with Gasteiger partial charge in [0.2, 0.25) is 5.91 Å². The molecule has 5 nitrogen and oxygen atoms in total. The van der Waals surface area contributed by atoms with Crippen LogP contribution < -0.4 is 10.9 Å². The first-order valence-electron chi connectivity index (χ1n) is 8.58. The van der Waals surface area contributed by atoms with Crippen molar-refractivity contribution in [1.82, 2.24) is 15.1 Å². The molecule has 1 amide bonds. The summed E-state index contributed by atoms with van der Waals surface area (Å²) in [5.74, 6) is -0.200. The van der Waals surface area contributed by atoms with E-state index in [-0.39, 0.29) is 24.1 Å². The van der Waals surface area contributed by atoms with Crippen LogP contribution in [0.2, 0.25) is 0 Å². The molecule has 0 saturated carbocycles. The Labute approximate surface area is 141 Å². The third kappa shape index (κ3) is 3.91. The number of benzene rings is 1. The van der Waals surface area contributed by atoms with Crippen molar-refractivity contribution in [2.45, 2.75) is 51.6 Å². The van der Waals surface area contributed by atoms with Crippen LogP contribution in [0.15, 0.2) is 41.2 Å². The molecule has 5 heteroatoms. The Morgan fingerprint density at radius 3 is 2.75 bits per heavy atom. The van der Waals surface area contributed by atoms with Gasteiger partial charge in [-0.2, -0.15) is 5.10 Å². The molecular weight excluding hydrogens is 302 g/mol. The second-order valence-electron chi connectivity index (χ2n) is 6.37. The molecule has 0 bridgehead atoms. The topological polar surface area (TPSA) is 64.0 Å². The van der Waals surface area contributed by atoms with Crippen LogP contribution in [0.4, 0.5) is 0 Å². The Balaban J connectivity index is 1.70. The van der Waals surface area contributed by atoms with Crippen LogP contribution in [0.5, 0.6) is 0 Å². The zero-order valence-electron chi connectivity index (χ0n) is 14.0. The minimum absolute atomic E-state index is 0.0384. The fraction of sp³-hybridized carbons (Fsp3) is 0.421. The first kappa shape index (κ1) is 16.4. The van der Waals surface area contributed by atoms with E-state index in [2.05, 4.69) is 10.4 Å². The van der Waals surface area contributed by atoms with Crippen LogP contribution >= 0.6 is 0 Å². The smallest absolute Gasteiger partial charge is 0.267 e. The third-order valence-electron chi connectivity index (χ3n) is 4.49. The lowest BCUT2D eigenvalue weighted by Crippen LogP contribution is -2.35. The van der Waals surface area contributed by atoms with Crippen molar-refractivity contribution in [3.8, 4) is 0 Å². The van der Waals surface area contributed by atoms with Gasteiger partial charge in [0, 0.05) is 6.07 Å². The molecule has 0 aliphatic heterocycles. The van der Waals surface area contributed by atoms with E-state index in [1.54, 1.807) is 6.07 Å². The minimum Gasteiger partial charge on any atom is -0.348 e. The van der Waals surface area contributed by atoms with Gasteiger partial charge in [-0.05, 0) is 43.7 Å². The van der Waals surface area contributed by atoms with E-state index in [0.29, 0.717) is 0 Å². The number of fused-ring (bicyclic) bond motifs is 1. The van der Waals surface area contributed by atoms with Crippen molar-refractivity contribution in [3.63, 3.8) is 0 Å². The fourth-order valence-electron chi connectivity index (χ4n) is 3.14. The zero-order chi connectivity index (χ0) is 16.9. The lowest BCUT2D eigenvalue weighted by Gasteiger charge is -2.15. The van der Waals surface area contributed by atoms with E-state index in [9.17, 15) is 9.59 Å². The normalized spacial score (nSPS) is 15.2. The number of nitrogens with one attached hydrogen (secondary N) is 1. The Bertz CT molecular complexity index is 768. The van der Waals surface area contributed by atoms with Crippen molar-refractivity contribution < 1.29 is 4.79 Å². The molecular formula is C19H23N3O2. The Morgan fingerprint density at radius 2 is 1.96 bits per heavy atom. The molecule has 1 atom stereocenters. The molecule has 1 aliphatic rings. The van der Waals surface area contributed by atoms with E-state index >= 15 is 0 Å². The zero-order valence-corrected chi connectivity index (χ0v) is 14.0. The highest BCUT2D eigenvalue weighted by Gasteiger charge is 2.15. The van der Waals surface area contributed by atoms with Gasteiger partial charge < -0.3 is 5.32 Å². The summed E-state index contributed by atoms with van der Waals surface area (Å²) in [5, 5.41) is 7.36. The highest BCUT2D eigenvalue weighted by molar-refractivity contribution is 5.76. The minimum atomic E-state index is -0.200. The molecule has 126 valence electrons. The summed E-state index contributed by atoms with van der Waals surface area (Å²) in [6.07, 6.45) is 5.16. The summed E-state index contributed by atoms with van der Waals surface area (Å²) in [6, 6.07) is 11.3. The Kier molecular flexibility index (Phi) is 5.08. The van der Waals surface area contributed by atoms with Crippen LogP contribution in [0.3, 0.4) is 0 Å². The summed E-state index contributed by atoms with van der Waals surface area (Å²) in [5.41, 5.74) is 2.86. The van der Waals surface area contributed by atoms with Gasteiger partial charge in [0.25, 0.3) is 5.56 Å². The van der Waals surface area contributed by atoms with E-state index < -0.39 is 0 Å². The number of aryl methyl sites for hydroxylation is 2. The van der Waals surface area contributed by atoms with E-state index in [1.165, 1.54) is 11.1 Å². The van der Waals surface area contributed by atoms with Crippen molar-refractivity contribution in [1.29, 1.82) is 0 Å². The number of aromatic nitrogens is 2. The predicted molar refractivity (Wildman–Crippen MR) is 92.8 cm³/mol. The maximum absolute atomic E-state index is 12.3. The maximum atomic E-state index is 12.3. The summed E-state index contributed by atoms with van der Waals surface area (Å²) in [6.45, 7) is 1.89. The van der Waals surface area contributed by atoms with Crippen LogP contribution in [0, 0.1) is 0 Å². The second-order valence-corrected chi connectivity index (χ2v) is 6.37. The molecule has 0 spiro atoms. The molecule has 1 aliphatic carbocycles. The van der Waals surface area contributed by atoms with Crippen molar-refractivity contribution >= 4 is 5.91 Å². The highest BCUT2D eigenvalue weighted by atomic mass is 16.2. The molecule has 0 radical (unpaired) electrons. The van der Waals surface area contributed by atoms with Gasteiger partial charge in [-0.3, -0.25) is 9.59 Å². The average molecular weight is 325 g/mol. The summed E-state index contributed by atoms with van der Waals surface area (Å²) < 4.78 is 1.29. The summed E-state index contributed by atoms with van der Waals surface area (Å²) in [4.78, 5) is 24.5. The van der Waals surface area contributed by atoms with Gasteiger partial charge >= 0.3 is 0 Å². The molecule has 0 unspecified atom stereocenters. The lowest BCUT2D eigenvalue weighted by atomic mass is 10.1. The number of nitrogens with zero attached hydrogens (tertiary/aromatic N) is 2. The fourth-order valence-corrected chi connectivity index (χ4v) is 3.14. The predicted octanol–water partition coefficient (Wildman–Crippen LogP) is 2.39. The SMILES string of the molecule is C[C@@H](NC(=O)Cn1nc2c(cc1=O)CCCCC2)c1ccccc1. The first-order chi connectivity index (χ1) is 11.6. The average Bonchev–Trinajstić information content (AvgIpc) is 2.81. The lowest BCUT2D eigenvalue weighted by molar-refractivity contribution is -0.122. The largest absolute Gasteiger partial charge is 0.348 e. The van der Waals surface area contributed by atoms with Gasteiger partial charge in [-0.15, -0.1) is 0 Å². The molecule has 0 fully saturated rings. The third-order valence-corrected chi connectivity index (χ3v) is 4.49. The van der Waals surface area contributed by atoms with Gasteiger partial charge in [0.1, 0.15) is 6.54 Å². The van der Waals surface area contributed by atoms with Gasteiger partial charge in [-0.25, -0.2) is 4.68 Å². The monoisotopic (exact) mass is 325 g/mol. The van der Waals surface area contributed by atoms with Gasteiger partial charge in [0.15, 0.2) is 0 Å². The van der Waals surface area contributed by atoms with E-state index in [4.69, 9.17) is 0 Å². The number of hydrogen-bond donors (Lipinski definition) is 1. The first-order valence-corrected chi connectivity index (χ1v) is 8.58. The standard InChI is InChI=1S/C19H23N3O2/c1-14(15-8-4-2-5-9-15)20-18(23)13-22-19(24)12-16-10-6-3-7-11-17(16)21-22/h2,4-5,8-9,12,14H,3,6-7,10-11,13H2,1H3,(H,20,23)/t14-/m1/s1. The molecule has 1 heterocycles. The maximum Gasteiger partial charge on any atom is 0.267 e. The Hall–Kier alpha value is -2.43. The molecule has 24 heavy (non-hydrogen) atoms. The van der Waals surface area contributed by atoms with Crippen LogP contribution in [0.1, 0.15) is 49.0 Å². The highest BCUT2D eigenvalue weighted by Crippen LogP contribution is 2.17. The van der Waals surface area contributed by atoms with E-state index in [1.807, 2.05) is 37.3 Å². The molecule has 0 saturated heterocycles. The molecule has 2 aromatic rings. The van der Waals surface area contributed by atoms with Gasteiger partial charge in [0.05, 0.1) is 11.7 Å². The van der Waals surface area contributed by atoms with Gasteiger partial charge in [-0.1, -0.05) is 36.8 Å². The van der Waals surface area contributed by atoms with Crippen molar-refractivity contribution in [2.75, 3.05) is 0 Å². The Morgan fingerprint density at radius 1 is 1.21 bits per heavy atom. The quantitative estimate of drug-likeness (QED) is 0.878. The number of rotatable bonds is 4. The molecule has 1 aromatic carbocycles. The van der Waals surface area contributed by atoms with Crippen LogP contribution in [-0.4, -0.2) is 15.7 Å². The number of hydrogen-bond acceptors (Lipinski definition) is 3. The number of amides is 1. The summed E-state index contributed by atoms with van der Waals surface area (Å²) in [7, 11) is 0. The second kappa shape index (κ2) is 7.43. The number of carbonyl (C=O) groups is 1. The van der Waals surface area contributed by atoms with Crippen LogP contribution in [0.25, 0.3) is 0 Å². The molecule has 1 aromatic heterocycles. The molecule has 1 N–H and O–H groups in total. The van der Waals surface area contributed by atoms with E-state index in [0.717, 1.165) is 42.5 Å².